The smallest absolute Gasteiger partial charge is 0.306 e. The summed E-state index contributed by atoms with van der Waals surface area (Å²) in [6.07, 6.45) is 6.21. The van der Waals surface area contributed by atoms with Crippen molar-refractivity contribution in [3.63, 3.8) is 0 Å². The van der Waals surface area contributed by atoms with Gasteiger partial charge >= 0.3 is 5.97 Å². The molecule has 4 heterocycles. The van der Waals surface area contributed by atoms with Crippen LogP contribution in [0.2, 0.25) is 0 Å². The van der Waals surface area contributed by atoms with E-state index in [2.05, 4.69) is 16.5 Å². The first-order chi connectivity index (χ1) is 27.7. The minimum atomic E-state index is -3.86. The molecule has 1 aromatic carbocycles. The Hall–Kier alpha value is -4.24. The van der Waals surface area contributed by atoms with Crippen LogP contribution in [0.15, 0.2) is 36.4 Å². The Morgan fingerprint density at radius 3 is 2.53 bits per heavy atom. The number of ketones is 1. The lowest BCUT2D eigenvalue weighted by Crippen LogP contribution is -2.47. The molecule has 0 bridgehead atoms. The standard InChI is InChI=1S/C43H58N4O10S/c1-26(2)56-39(49)22-35-28(4)18-27(3)8-6-7-9-30-23-43(30,42(51)45-58(52,53)33-11-12-33)24-37(48)36-21-32(25-47(36)41(35)50)57-40-34-13-10-31(54-5)19-29(34)20-38(44-40)46-14-16-55-17-15-46/h7,9-10,13,19-20,26-28,30,32-33,35-36H,6,8,11-12,14-18,21-25H2,1-5H3,(H,45,51)/b9-7-/t27-,28-,30-,32-,35+,36+,43-/m1/s1. The number of carbonyl (C=O) groups excluding carboxylic acids is 4. The number of Topliss-reactive ketones (excluding diaryl/α,β-unsaturated/α-hetero) is 1. The highest BCUT2D eigenvalue weighted by atomic mass is 32.2. The Morgan fingerprint density at radius 2 is 1.83 bits per heavy atom. The third kappa shape index (κ3) is 9.30. The summed E-state index contributed by atoms with van der Waals surface area (Å²) < 4.78 is 51.7. The van der Waals surface area contributed by atoms with Crippen molar-refractivity contribution in [1.82, 2.24) is 14.6 Å². The Balaban J connectivity index is 1.24. The Labute approximate surface area is 341 Å². The number of hydrogen-bond acceptors (Lipinski definition) is 12. The van der Waals surface area contributed by atoms with Crippen molar-refractivity contribution in [2.75, 3.05) is 44.9 Å². The maximum atomic E-state index is 15.0. The molecule has 7 rings (SSSR count). The molecule has 2 saturated heterocycles. The molecule has 5 aliphatic rings. The summed E-state index contributed by atoms with van der Waals surface area (Å²) in [6.45, 7) is 10.1. The third-order valence-electron chi connectivity index (χ3n) is 12.5. The summed E-state index contributed by atoms with van der Waals surface area (Å²) in [5, 5.41) is 0.978. The van der Waals surface area contributed by atoms with Crippen LogP contribution in [0.3, 0.4) is 0 Å². The van der Waals surface area contributed by atoms with Crippen LogP contribution in [0.4, 0.5) is 5.82 Å². The van der Waals surface area contributed by atoms with Crippen LogP contribution in [0.1, 0.15) is 85.5 Å². The quantitative estimate of drug-likeness (QED) is 0.253. The largest absolute Gasteiger partial charge is 0.497 e. The number of nitrogens with zero attached hydrogens (tertiary/aromatic N) is 3. The van der Waals surface area contributed by atoms with E-state index in [0.29, 0.717) is 69.4 Å². The Morgan fingerprint density at radius 1 is 1.07 bits per heavy atom. The fraction of sp³-hybridized carbons (Fsp3) is 0.651. The van der Waals surface area contributed by atoms with Crippen LogP contribution >= 0.6 is 0 Å². The number of pyridine rings is 1. The molecule has 15 heteroatoms. The van der Waals surface area contributed by atoms with Gasteiger partial charge in [-0.2, -0.15) is 4.98 Å². The number of methoxy groups -OCH3 is 1. The molecule has 2 saturated carbocycles. The van der Waals surface area contributed by atoms with E-state index in [9.17, 15) is 27.6 Å². The summed E-state index contributed by atoms with van der Waals surface area (Å²) >= 11 is 0. The summed E-state index contributed by atoms with van der Waals surface area (Å²) in [5.74, 6) is -1.22. The number of carbonyl (C=O) groups is 4. The number of aromatic nitrogens is 1. The first-order valence-electron chi connectivity index (χ1n) is 20.9. The maximum Gasteiger partial charge on any atom is 0.306 e. The molecule has 7 atom stereocenters. The first-order valence-corrected chi connectivity index (χ1v) is 22.5. The van der Waals surface area contributed by atoms with E-state index < -0.39 is 50.6 Å². The molecule has 0 spiro atoms. The molecule has 316 valence electrons. The zero-order valence-corrected chi connectivity index (χ0v) is 35.1. The highest BCUT2D eigenvalue weighted by Gasteiger charge is 2.61. The molecule has 0 unspecified atom stereocenters. The second kappa shape index (κ2) is 17.2. The number of rotatable bonds is 10. The number of fused-ring (bicyclic) bond motifs is 3. The average molecular weight is 823 g/mol. The molecule has 2 aromatic rings. The van der Waals surface area contributed by atoms with E-state index in [1.165, 1.54) is 4.90 Å². The molecule has 58 heavy (non-hydrogen) atoms. The van der Waals surface area contributed by atoms with Crippen molar-refractivity contribution in [1.29, 1.82) is 0 Å². The van der Waals surface area contributed by atoms with Crippen molar-refractivity contribution in [2.45, 2.75) is 109 Å². The van der Waals surface area contributed by atoms with Gasteiger partial charge in [0.2, 0.25) is 27.7 Å². The number of morpholine rings is 1. The molecule has 14 nitrogen and oxygen atoms in total. The monoisotopic (exact) mass is 822 g/mol. The Kier molecular flexibility index (Phi) is 12.4. The minimum absolute atomic E-state index is 0.0486. The van der Waals surface area contributed by atoms with Crippen LogP contribution in [-0.2, 0) is 38.7 Å². The highest BCUT2D eigenvalue weighted by Crippen LogP contribution is 2.57. The molecular formula is C43H58N4O10S. The molecule has 3 aliphatic heterocycles. The second-order valence-electron chi connectivity index (χ2n) is 17.4. The fourth-order valence-electron chi connectivity index (χ4n) is 9.00. The number of allylic oxidation sites excluding steroid dienone is 2. The first kappa shape index (κ1) is 41.9. The van der Waals surface area contributed by atoms with Crippen molar-refractivity contribution >= 4 is 50.2 Å². The number of ether oxygens (including phenoxy) is 4. The van der Waals surface area contributed by atoms with Gasteiger partial charge in [-0.15, -0.1) is 0 Å². The van der Waals surface area contributed by atoms with Gasteiger partial charge in [0.15, 0.2) is 5.78 Å². The SMILES string of the molecule is COc1ccc2c(O[C@@H]3C[C@H]4C(=O)C[C@]5(C(=O)NS(=O)(=O)C6CC6)C[C@H]5/C=C\CC[C@@H](C)C[C@@H](C)[C@H](CC(=O)OC(C)C)C(=O)N4C3)nc(N3CCOCC3)cc2c1. The zero-order valence-electron chi connectivity index (χ0n) is 34.3. The van der Waals surface area contributed by atoms with Gasteiger partial charge in [0.05, 0.1) is 62.0 Å². The van der Waals surface area contributed by atoms with Crippen molar-refractivity contribution in [3.05, 3.63) is 36.4 Å². The van der Waals surface area contributed by atoms with E-state index >= 15 is 0 Å². The van der Waals surface area contributed by atoms with E-state index in [1.54, 1.807) is 21.0 Å². The summed E-state index contributed by atoms with van der Waals surface area (Å²) in [7, 11) is -2.26. The average Bonchev–Trinajstić information content (AvgIpc) is 4.11. The number of sulfonamides is 1. The summed E-state index contributed by atoms with van der Waals surface area (Å²) in [4.78, 5) is 65.5. The molecular weight excluding hydrogens is 765 g/mol. The summed E-state index contributed by atoms with van der Waals surface area (Å²) in [5.41, 5.74) is -1.26. The minimum Gasteiger partial charge on any atom is -0.497 e. The lowest BCUT2D eigenvalue weighted by molar-refractivity contribution is -0.154. The second-order valence-corrected chi connectivity index (χ2v) is 19.4. The third-order valence-corrected chi connectivity index (χ3v) is 14.3. The normalized spacial score (nSPS) is 30.2. The van der Waals surface area contributed by atoms with Crippen LogP contribution in [0.5, 0.6) is 11.6 Å². The lowest BCUT2D eigenvalue weighted by atomic mass is 9.82. The molecule has 0 radical (unpaired) electrons. The highest BCUT2D eigenvalue weighted by molar-refractivity contribution is 7.90. The number of esters is 1. The van der Waals surface area contributed by atoms with Gasteiger partial charge in [-0.3, -0.25) is 23.9 Å². The predicted molar refractivity (Wildman–Crippen MR) is 217 cm³/mol. The maximum absolute atomic E-state index is 15.0. The van der Waals surface area contributed by atoms with E-state index in [-0.39, 0.29) is 61.4 Å². The van der Waals surface area contributed by atoms with Crippen LogP contribution in [0, 0.1) is 29.1 Å². The molecule has 1 N–H and O–H groups in total. The number of anilines is 1. The molecule has 2 aliphatic carbocycles. The fourth-order valence-corrected chi connectivity index (χ4v) is 10.4. The van der Waals surface area contributed by atoms with Gasteiger partial charge in [0.25, 0.3) is 0 Å². The van der Waals surface area contributed by atoms with Crippen molar-refractivity contribution in [2.24, 2.45) is 29.1 Å². The van der Waals surface area contributed by atoms with Crippen LogP contribution < -0.4 is 19.1 Å². The topological polar surface area (TPSA) is 171 Å². The van der Waals surface area contributed by atoms with E-state index in [1.807, 2.05) is 43.3 Å². The molecule has 4 fully saturated rings. The van der Waals surface area contributed by atoms with Crippen molar-refractivity contribution < 1.29 is 46.5 Å². The van der Waals surface area contributed by atoms with Gasteiger partial charge in [-0.05, 0) is 99.8 Å². The van der Waals surface area contributed by atoms with E-state index in [4.69, 9.17) is 23.9 Å². The molecule has 2 amide bonds. The van der Waals surface area contributed by atoms with Crippen LogP contribution in [-0.4, -0.2) is 105 Å². The number of nitrogens with one attached hydrogen (secondary N) is 1. The van der Waals surface area contributed by atoms with Gasteiger partial charge in [0.1, 0.15) is 17.7 Å². The number of amides is 2. The van der Waals surface area contributed by atoms with Crippen molar-refractivity contribution in [3.8, 4) is 11.6 Å². The predicted octanol–water partition coefficient (Wildman–Crippen LogP) is 4.97. The van der Waals surface area contributed by atoms with Gasteiger partial charge in [-0.25, -0.2) is 8.42 Å². The molecule has 1 aromatic heterocycles. The Bertz CT molecular complexity index is 2030. The lowest BCUT2D eigenvalue weighted by Gasteiger charge is -2.32. The number of benzene rings is 1. The van der Waals surface area contributed by atoms with Gasteiger partial charge in [-0.1, -0.05) is 26.0 Å². The van der Waals surface area contributed by atoms with Crippen LogP contribution in [0.25, 0.3) is 10.8 Å². The van der Waals surface area contributed by atoms with E-state index in [0.717, 1.165) is 23.6 Å². The summed E-state index contributed by atoms with van der Waals surface area (Å²) in [6, 6.07) is 6.62. The zero-order chi connectivity index (χ0) is 41.4. The number of hydrogen-bond donors (Lipinski definition) is 1. The van der Waals surface area contributed by atoms with Gasteiger partial charge in [0, 0.05) is 31.3 Å². The van der Waals surface area contributed by atoms with Gasteiger partial charge < -0.3 is 28.7 Å².